The molecule has 0 bridgehead atoms. The first kappa shape index (κ1) is 13.4. The number of aryl methyl sites for hydroxylation is 2. The van der Waals surface area contributed by atoms with Crippen molar-refractivity contribution in [3.05, 3.63) is 52.3 Å². The predicted octanol–water partition coefficient (Wildman–Crippen LogP) is 3.19. The van der Waals surface area contributed by atoms with Gasteiger partial charge in [0.1, 0.15) is 5.15 Å². The molecule has 5 heteroatoms. The highest BCUT2D eigenvalue weighted by Crippen LogP contribution is 2.22. The van der Waals surface area contributed by atoms with E-state index in [1.165, 1.54) is 12.3 Å². The molecule has 0 saturated carbocycles. The van der Waals surface area contributed by atoms with Crippen LogP contribution >= 0.6 is 11.6 Å². The second kappa shape index (κ2) is 5.28. The second-order valence-corrected chi connectivity index (χ2v) is 4.70. The van der Waals surface area contributed by atoms with Crippen LogP contribution in [0.15, 0.2) is 30.5 Å². The minimum Gasteiger partial charge on any atom is -0.397 e. The van der Waals surface area contributed by atoms with Gasteiger partial charge < -0.3 is 11.1 Å². The van der Waals surface area contributed by atoms with E-state index in [1.807, 2.05) is 32.0 Å². The molecule has 1 amide bonds. The molecule has 1 aromatic carbocycles. The van der Waals surface area contributed by atoms with Crippen LogP contribution < -0.4 is 11.1 Å². The van der Waals surface area contributed by atoms with Gasteiger partial charge in [0.15, 0.2) is 0 Å². The smallest absolute Gasteiger partial charge is 0.257 e. The Labute approximate surface area is 116 Å². The number of hydrogen-bond donors (Lipinski definition) is 2. The Morgan fingerprint density at radius 1 is 1.32 bits per heavy atom. The van der Waals surface area contributed by atoms with Gasteiger partial charge >= 0.3 is 0 Å². The van der Waals surface area contributed by atoms with E-state index in [-0.39, 0.29) is 11.1 Å². The number of para-hydroxylation sites is 1. The lowest BCUT2D eigenvalue weighted by atomic mass is 10.1. The fourth-order valence-corrected chi connectivity index (χ4v) is 1.99. The van der Waals surface area contributed by atoms with E-state index >= 15 is 0 Å². The van der Waals surface area contributed by atoms with Gasteiger partial charge in [-0.15, -0.1) is 0 Å². The van der Waals surface area contributed by atoms with Gasteiger partial charge in [-0.3, -0.25) is 4.79 Å². The maximum absolute atomic E-state index is 12.2. The minimum absolute atomic E-state index is 0.237. The summed E-state index contributed by atoms with van der Waals surface area (Å²) in [5.74, 6) is -0.292. The minimum atomic E-state index is -0.292. The number of halogens is 1. The molecular formula is C14H14ClN3O. The number of nitrogens with two attached hydrogens (primary N) is 1. The van der Waals surface area contributed by atoms with E-state index in [4.69, 9.17) is 17.3 Å². The highest BCUT2D eigenvalue weighted by Gasteiger charge is 2.13. The van der Waals surface area contributed by atoms with Crippen LogP contribution in [0.5, 0.6) is 0 Å². The summed E-state index contributed by atoms with van der Waals surface area (Å²) in [6.45, 7) is 3.87. The lowest BCUT2D eigenvalue weighted by Gasteiger charge is -2.12. The zero-order chi connectivity index (χ0) is 14.0. The van der Waals surface area contributed by atoms with E-state index in [0.29, 0.717) is 11.3 Å². The molecule has 0 fully saturated rings. The number of nitrogen functional groups attached to an aromatic ring is 1. The number of hydrogen-bond acceptors (Lipinski definition) is 3. The molecule has 0 aliphatic carbocycles. The van der Waals surface area contributed by atoms with Crippen LogP contribution in [0.2, 0.25) is 5.15 Å². The molecular weight excluding hydrogens is 262 g/mol. The van der Waals surface area contributed by atoms with Gasteiger partial charge in [-0.1, -0.05) is 29.8 Å². The Morgan fingerprint density at radius 3 is 2.58 bits per heavy atom. The molecule has 98 valence electrons. The van der Waals surface area contributed by atoms with Crippen molar-refractivity contribution < 1.29 is 4.79 Å². The van der Waals surface area contributed by atoms with Gasteiger partial charge in [0.2, 0.25) is 0 Å². The monoisotopic (exact) mass is 275 g/mol. The van der Waals surface area contributed by atoms with Crippen LogP contribution in [0.4, 0.5) is 11.4 Å². The molecule has 0 aliphatic heterocycles. The number of pyridine rings is 1. The number of nitrogens with one attached hydrogen (secondary N) is 1. The van der Waals surface area contributed by atoms with Gasteiger partial charge in [-0.2, -0.15) is 0 Å². The summed E-state index contributed by atoms with van der Waals surface area (Å²) in [5.41, 5.74) is 9.14. The van der Waals surface area contributed by atoms with Gasteiger partial charge in [-0.05, 0) is 31.0 Å². The molecule has 19 heavy (non-hydrogen) atoms. The van der Waals surface area contributed by atoms with Gasteiger partial charge in [0.25, 0.3) is 5.91 Å². The van der Waals surface area contributed by atoms with E-state index in [9.17, 15) is 4.79 Å². The normalized spacial score (nSPS) is 10.3. The first-order chi connectivity index (χ1) is 8.99. The quantitative estimate of drug-likeness (QED) is 0.827. The third kappa shape index (κ3) is 2.85. The second-order valence-electron chi connectivity index (χ2n) is 4.32. The molecule has 0 spiro atoms. The van der Waals surface area contributed by atoms with Crippen molar-refractivity contribution in [2.75, 3.05) is 11.1 Å². The molecule has 4 nitrogen and oxygen atoms in total. The summed E-state index contributed by atoms with van der Waals surface area (Å²) >= 11 is 5.78. The molecule has 2 aromatic rings. The van der Waals surface area contributed by atoms with E-state index in [1.54, 1.807) is 0 Å². The molecule has 1 aromatic heterocycles. The number of benzene rings is 1. The van der Waals surface area contributed by atoms with Crippen molar-refractivity contribution in [3.8, 4) is 0 Å². The Hall–Kier alpha value is -2.07. The van der Waals surface area contributed by atoms with Crippen LogP contribution in [0.3, 0.4) is 0 Å². The van der Waals surface area contributed by atoms with Crippen molar-refractivity contribution in [1.29, 1.82) is 0 Å². The van der Waals surface area contributed by atoms with Crippen molar-refractivity contribution in [1.82, 2.24) is 4.98 Å². The zero-order valence-corrected chi connectivity index (χ0v) is 11.5. The third-order valence-corrected chi connectivity index (χ3v) is 3.07. The molecule has 1 heterocycles. The zero-order valence-electron chi connectivity index (χ0n) is 10.7. The number of anilines is 2. The molecule has 0 radical (unpaired) electrons. The molecule has 0 unspecified atom stereocenters. The van der Waals surface area contributed by atoms with Crippen molar-refractivity contribution in [2.45, 2.75) is 13.8 Å². The van der Waals surface area contributed by atoms with Crippen LogP contribution in [0, 0.1) is 13.8 Å². The summed E-state index contributed by atoms with van der Waals surface area (Å²) in [4.78, 5) is 16.0. The summed E-state index contributed by atoms with van der Waals surface area (Å²) in [6.07, 6.45) is 1.38. The van der Waals surface area contributed by atoms with Crippen LogP contribution in [0.25, 0.3) is 0 Å². The van der Waals surface area contributed by atoms with Crippen molar-refractivity contribution in [2.24, 2.45) is 0 Å². The lowest BCUT2D eigenvalue weighted by molar-refractivity contribution is 0.102. The molecule has 0 atom stereocenters. The third-order valence-electron chi connectivity index (χ3n) is 2.87. The average molecular weight is 276 g/mol. The van der Waals surface area contributed by atoms with Crippen molar-refractivity contribution in [3.63, 3.8) is 0 Å². The summed E-state index contributed by atoms with van der Waals surface area (Å²) in [6, 6.07) is 7.27. The van der Waals surface area contributed by atoms with E-state index in [2.05, 4.69) is 10.3 Å². The van der Waals surface area contributed by atoms with Crippen LogP contribution in [0.1, 0.15) is 21.5 Å². The highest BCUT2D eigenvalue weighted by molar-refractivity contribution is 6.30. The summed E-state index contributed by atoms with van der Waals surface area (Å²) in [7, 11) is 0. The van der Waals surface area contributed by atoms with Gasteiger partial charge in [-0.25, -0.2) is 4.98 Å². The van der Waals surface area contributed by atoms with Crippen molar-refractivity contribution >= 4 is 28.9 Å². The number of rotatable bonds is 2. The topological polar surface area (TPSA) is 68.0 Å². The van der Waals surface area contributed by atoms with Crippen LogP contribution in [-0.2, 0) is 0 Å². The SMILES string of the molecule is Cc1cccc(C)c1NC(=O)c1cc(Cl)ncc1N. The highest BCUT2D eigenvalue weighted by atomic mass is 35.5. The Bertz CT molecular complexity index is 620. The Kier molecular flexibility index (Phi) is 3.71. The molecule has 0 saturated heterocycles. The van der Waals surface area contributed by atoms with Gasteiger partial charge in [0, 0.05) is 5.69 Å². The van der Waals surface area contributed by atoms with Gasteiger partial charge in [0.05, 0.1) is 17.4 Å². The summed E-state index contributed by atoms with van der Waals surface area (Å²) < 4.78 is 0. The Morgan fingerprint density at radius 2 is 1.95 bits per heavy atom. The summed E-state index contributed by atoms with van der Waals surface area (Å²) in [5, 5.41) is 3.09. The Balaban J connectivity index is 2.34. The fraction of sp³-hybridized carbons (Fsp3) is 0.143. The molecule has 3 N–H and O–H groups in total. The standard InChI is InChI=1S/C14H14ClN3O/c1-8-4-3-5-9(2)13(8)18-14(19)10-6-12(15)17-7-11(10)16/h3-7H,16H2,1-2H3,(H,18,19). The maximum atomic E-state index is 12.2. The number of aromatic nitrogens is 1. The number of amides is 1. The van der Waals surface area contributed by atoms with Crippen LogP contribution in [-0.4, -0.2) is 10.9 Å². The number of carbonyl (C=O) groups excluding carboxylic acids is 1. The fourth-order valence-electron chi connectivity index (χ4n) is 1.83. The van der Waals surface area contributed by atoms with E-state index in [0.717, 1.165) is 16.8 Å². The molecule has 0 aliphatic rings. The largest absolute Gasteiger partial charge is 0.397 e. The first-order valence-corrected chi connectivity index (χ1v) is 6.15. The predicted molar refractivity (Wildman–Crippen MR) is 77.5 cm³/mol. The average Bonchev–Trinajstić information content (AvgIpc) is 2.37. The first-order valence-electron chi connectivity index (χ1n) is 5.77. The molecule has 2 rings (SSSR count). The lowest BCUT2D eigenvalue weighted by Crippen LogP contribution is -2.15. The van der Waals surface area contributed by atoms with E-state index < -0.39 is 0 Å². The number of carbonyl (C=O) groups is 1. The number of nitrogens with zero attached hydrogens (tertiary/aromatic N) is 1. The maximum Gasteiger partial charge on any atom is 0.257 e.